The van der Waals surface area contributed by atoms with Gasteiger partial charge in [0.1, 0.15) is 5.75 Å². The lowest BCUT2D eigenvalue weighted by Crippen LogP contribution is -2.47. The summed E-state index contributed by atoms with van der Waals surface area (Å²) in [6, 6.07) is 8.06. The largest absolute Gasteiger partial charge is 0.493 e. The van der Waals surface area contributed by atoms with Crippen LogP contribution >= 0.6 is 15.9 Å². The maximum atomic E-state index is 10.7. The Kier molecular flexibility index (Phi) is 6.00. The van der Waals surface area contributed by atoms with Gasteiger partial charge in [0.25, 0.3) is 0 Å². The SMILES string of the molecule is OC1(CN2CCC(COc3ccc(Br)cc3)CC2)CCCCC1. The van der Waals surface area contributed by atoms with Crippen LogP contribution < -0.4 is 4.74 Å². The lowest BCUT2D eigenvalue weighted by atomic mass is 9.84. The summed E-state index contributed by atoms with van der Waals surface area (Å²) in [5.74, 6) is 1.59. The third kappa shape index (κ3) is 5.20. The minimum absolute atomic E-state index is 0.418. The smallest absolute Gasteiger partial charge is 0.119 e. The molecule has 1 N–H and O–H groups in total. The van der Waals surface area contributed by atoms with E-state index in [0.717, 1.165) is 49.3 Å². The van der Waals surface area contributed by atoms with Gasteiger partial charge in [-0.3, -0.25) is 0 Å². The summed E-state index contributed by atoms with van der Waals surface area (Å²) in [6.07, 6.45) is 7.98. The van der Waals surface area contributed by atoms with Gasteiger partial charge in [0.05, 0.1) is 12.2 Å². The minimum atomic E-state index is -0.418. The Morgan fingerprint density at radius 3 is 2.39 bits per heavy atom. The molecule has 3 rings (SSSR count). The van der Waals surface area contributed by atoms with Crippen molar-refractivity contribution in [2.45, 2.75) is 50.5 Å². The van der Waals surface area contributed by atoms with E-state index in [9.17, 15) is 5.11 Å². The van der Waals surface area contributed by atoms with E-state index in [2.05, 4.69) is 20.8 Å². The van der Waals surface area contributed by atoms with Crippen LogP contribution in [0.15, 0.2) is 28.7 Å². The highest BCUT2D eigenvalue weighted by molar-refractivity contribution is 9.10. The van der Waals surface area contributed by atoms with E-state index >= 15 is 0 Å². The zero-order valence-electron chi connectivity index (χ0n) is 13.8. The molecule has 1 saturated heterocycles. The molecule has 3 nitrogen and oxygen atoms in total. The first-order chi connectivity index (χ1) is 11.1. The average Bonchev–Trinajstić information content (AvgIpc) is 2.56. The molecule has 1 aromatic rings. The summed E-state index contributed by atoms with van der Waals surface area (Å²) in [5.41, 5.74) is -0.418. The number of piperidine rings is 1. The van der Waals surface area contributed by atoms with E-state index < -0.39 is 5.60 Å². The van der Waals surface area contributed by atoms with Crippen molar-refractivity contribution < 1.29 is 9.84 Å². The first kappa shape index (κ1) is 17.2. The van der Waals surface area contributed by atoms with Crippen LogP contribution in [0.4, 0.5) is 0 Å². The Bertz CT molecular complexity index is 477. The summed E-state index contributed by atoms with van der Waals surface area (Å²) >= 11 is 3.44. The molecule has 1 heterocycles. The fourth-order valence-electron chi connectivity index (χ4n) is 3.84. The first-order valence-corrected chi connectivity index (χ1v) is 9.75. The number of hydrogen-bond donors (Lipinski definition) is 1. The fourth-order valence-corrected chi connectivity index (χ4v) is 4.10. The van der Waals surface area contributed by atoms with Gasteiger partial charge in [-0.15, -0.1) is 0 Å². The van der Waals surface area contributed by atoms with Gasteiger partial charge >= 0.3 is 0 Å². The third-order valence-corrected chi connectivity index (χ3v) is 5.84. The van der Waals surface area contributed by atoms with E-state index in [-0.39, 0.29) is 0 Å². The van der Waals surface area contributed by atoms with Gasteiger partial charge in [-0.25, -0.2) is 0 Å². The van der Waals surface area contributed by atoms with Crippen LogP contribution in [0.5, 0.6) is 5.75 Å². The summed E-state index contributed by atoms with van der Waals surface area (Å²) in [7, 11) is 0. The number of ether oxygens (including phenoxy) is 1. The van der Waals surface area contributed by atoms with Crippen molar-refractivity contribution in [3.63, 3.8) is 0 Å². The number of hydrogen-bond acceptors (Lipinski definition) is 3. The summed E-state index contributed by atoms with van der Waals surface area (Å²) in [6.45, 7) is 3.86. The number of aliphatic hydroxyl groups is 1. The maximum Gasteiger partial charge on any atom is 0.119 e. The highest BCUT2D eigenvalue weighted by Gasteiger charge is 2.32. The zero-order valence-corrected chi connectivity index (χ0v) is 15.4. The molecule has 0 atom stereocenters. The van der Waals surface area contributed by atoms with Crippen LogP contribution in [-0.2, 0) is 0 Å². The molecule has 0 unspecified atom stereocenters. The molecule has 4 heteroatoms. The molecule has 23 heavy (non-hydrogen) atoms. The van der Waals surface area contributed by atoms with E-state index in [1.165, 1.54) is 32.1 Å². The summed E-state index contributed by atoms with van der Waals surface area (Å²) in [5, 5.41) is 10.7. The normalized spacial score (nSPS) is 22.9. The molecule has 0 bridgehead atoms. The fraction of sp³-hybridized carbons (Fsp3) is 0.684. The molecule has 128 valence electrons. The standard InChI is InChI=1S/C19H28BrNO2/c20-17-4-6-18(7-5-17)23-14-16-8-12-21(13-9-16)15-19(22)10-2-1-3-11-19/h4-7,16,22H,1-3,8-15H2. The van der Waals surface area contributed by atoms with Gasteiger partial charge < -0.3 is 14.7 Å². The molecular formula is C19H28BrNO2. The number of nitrogens with zero attached hydrogens (tertiary/aromatic N) is 1. The Morgan fingerprint density at radius 2 is 1.74 bits per heavy atom. The van der Waals surface area contributed by atoms with Crippen LogP contribution in [0.2, 0.25) is 0 Å². The van der Waals surface area contributed by atoms with Crippen LogP contribution in [0.3, 0.4) is 0 Å². The average molecular weight is 382 g/mol. The van der Waals surface area contributed by atoms with Gasteiger partial charge in [0.15, 0.2) is 0 Å². The number of halogens is 1. The van der Waals surface area contributed by atoms with Crippen molar-refractivity contribution in [1.82, 2.24) is 4.90 Å². The van der Waals surface area contributed by atoms with Gasteiger partial charge in [0, 0.05) is 11.0 Å². The number of likely N-dealkylation sites (tertiary alicyclic amines) is 1. The second-order valence-electron chi connectivity index (χ2n) is 7.27. The number of rotatable bonds is 5. The third-order valence-electron chi connectivity index (χ3n) is 5.31. The van der Waals surface area contributed by atoms with Crippen molar-refractivity contribution >= 4 is 15.9 Å². The minimum Gasteiger partial charge on any atom is -0.493 e. The Morgan fingerprint density at radius 1 is 1.09 bits per heavy atom. The van der Waals surface area contributed by atoms with Crippen molar-refractivity contribution in [3.05, 3.63) is 28.7 Å². The number of β-amino-alcohol motifs (C(OH)–C–C–N with tert-alkyl or cyclic N) is 1. The molecule has 0 radical (unpaired) electrons. The Balaban J connectivity index is 1.39. The lowest BCUT2D eigenvalue weighted by molar-refractivity contribution is -0.0338. The Hall–Kier alpha value is -0.580. The molecule has 1 aliphatic heterocycles. The van der Waals surface area contributed by atoms with Crippen LogP contribution in [-0.4, -0.2) is 41.8 Å². The van der Waals surface area contributed by atoms with E-state index in [1.807, 2.05) is 24.3 Å². The molecule has 1 aromatic carbocycles. The topological polar surface area (TPSA) is 32.7 Å². The molecular weight excluding hydrogens is 354 g/mol. The van der Waals surface area contributed by atoms with Gasteiger partial charge in [0.2, 0.25) is 0 Å². The Labute approximate surface area is 148 Å². The van der Waals surface area contributed by atoms with Crippen molar-refractivity contribution in [3.8, 4) is 5.75 Å². The molecule has 1 saturated carbocycles. The predicted octanol–water partition coefficient (Wildman–Crippen LogP) is 4.24. The summed E-state index contributed by atoms with van der Waals surface area (Å²) in [4.78, 5) is 2.46. The van der Waals surface area contributed by atoms with Crippen molar-refractivity contribution in [1.29, 1.82) is 0 Å². The number of benzene rings is 1. The zero-order chi connectivity index (χ0) is 16.1. The highest BCUT2D eigenvalue weighted by atomic mass is 79.9. The van der Waals surface area contributed by atoms with Crippen LogP contribution in [0.25, 0.3) is 0 Å². The quantitative estimate of drug-likeness (QED) is 0.827. The molecule has 2 aliphatic rings. The molecule has 2 fully saturated rings. The van der Waals surface area contributed by atoms with Gasteiger partial charge in [-0.2, -0.15) is 0 Å². The first-order valence-electron chi connectivity index (χ1n) is 8.96. The van der Waals surface area contributed by atoms with Crippen molar-refractivity contribution in [2.24, 2.45) is 5.92 Å². The van der Waals surface area contributed by atoms with Crippen LogP contribution in [0.1, 0.15) is 44.9 Å². The predicted molar refractivity (Wildman–Crippen MR) is 96.8 cm³/mol. The second-order valence-corrected chi connectivity index (χ2v) is 8.19. The summed E-state index contributed by atoms with van der Waals surface area (Å²) < 4.78 is 7.00. The highest BCUT2D eigenvalue weighted by Crippen LogP contribution is 2.30. The second kappa shape index (κ2) is 8.00. The van der Waals surface area contributed by atoms with Crippen LogP contribution in [0, 0.1) is 5.92 Å². The monoisotopic (exact) mass is 381 g/mol. The van der Waals surface area contributed by atoms with E-state index in [4.69, 9.17) is 4.74 Å². The maximum absolute atomic E-state index is 10.7. The molecule has 0 amide bonds. The molecule has 0 aromatic heterocycles. The van der Waals surface area contributed by atoms with Gasteiger partial charge in [-0.1, -0.05) is 35.2 Å². The van der Waals surface area contributed by atoms with E-state index in [1.54, 1.807) is 0 Å². The lowest BCUT2D eigenvalue weighted by Gasteiger charge is -2.40. The molecule has 0 spiro atoms. The van der Waals surface area contributed by atoms with Gasteiger partial charge in [-0.05, 0) is 69.0 Å². The van der Waals surface area contributed by atoms with E-state index in [0.29, 0.717) is 5.92 Å². The molecule has 1 aliphatic carbocycles. The van der Waals surface area contributed by atoms with Crippen molar-refractivity contribution in [2.75, 3.05) is 26.2 Å².